The summed E-state index contributed by atoms with van der Waals surface area (Å²) in [4.78, 5) is 35.7. The van der Waals surface area contributed by atoms with Crippen LogP contribution in [-0.2, 0) is 19.1 Å². The number of carbonyl (C=O) groups excluding carboxylic acids is 3. The molecule has 8 heteroatoms. The van der Waals surface area contributed by atoms with E-state index in [9.17, 15) is 14.4 Å². The van der Waals surface area contributed by atoms with Crippen LogP contribution in [0.5, 0.6) is 0 Å². The van der Waals surface area contributed by atoms with Crippen molar-refractivity contribution < 1.29 is 23.9 Å². The summed E-state index contributed by atoms with van der Waals surface area (Å²) in [5.74, 6) is -0.876. The van der Waals surface area contributed by atoms with E-state index in [-0.39, 0.29) is 12.2 Å². The summed E-state index contributed by atoms with van der Waals surface area (Å²) in [5.41, 5.74) is 0. The van der Waals surface area contributed by atoms with Crippen molar-refractivity contribution in [2.75, 3.05) is 40.0 Å². The lowest BCUT2D eigenvalue weighted by Crippen LogP contribution is -2.53. The Labute approximate surface area is 144 Å². The molecule has 0 aliphatic rings. The molecule has 8 nitrogen and oxygen atoms in total. The number of hydrogen-bond acceptors (Lipinski definition) is 5. The zero-order chi connectivity index (χ0) is 18.2. The van der Waals surface area contributed by atoms with Crippen molar-refractivity contribution in [3.8, 4) is 0 Å². The fourth-order valence-corrected chi connectivity index (χ4v) is 1.84. The van der Waals surface area contributed by atoms with Crippen molar-refractivity contribution in [2.24, 2.45) is 0 Å². The number of ketones is 1. The minimum Gasteiger partial charge on any atom is -0.381 e. The maximum absolute atomic E-state index is 12.1. The molecule has 24 heavy (non-hydrogen) atoms. The first-order valence-corrected chi connectivity index (χ1v) is 8.50. The number of ether oxygens (including phenoxy) is 2. The molecular formula is C16H31N3O5. The molecule has 0 aliphatic heterocycles. The van der Waals surface area contributed by atoms with Crippen LogP contribution in [0, 0.1) is 0 Å². The maximum Gasteiger partial charge on any atom is 0.315 e. The van der Waals surface area contributed by atoms with Crippen molar-refractivity contribution in [1.29, 1.82) is 0 Å². The second kappa shape index (κ2) is 14.9. The molecule has 0 saturated heterocycles. The number of Topliss-reactive ketones (excluding diaryl/α,β-unsaturated/α-hetero) is 1. The van der Waals surface area contributed by atoms with Crippen LogP contribution in [0.2, 0.25) is 0 Å². The van der Waals surface area contributed by atoms with Gasteiger partial charge >= 0.3 is 6.03 Å². The molecule has 0 bridgehead atoms. The molecule has 0 rings (SSSR count). The Hall–Kier alpha value is -1.67. The zero-order valence-electron chi connectivity index (χ0n) is 15.0. The normalized spacial score (nSPS) is 11.6. The van der Waals surface area contributed by atoms with Crippen molar-refractivity contribution in [2.45, 2.75) is 45.6 Å². The Morgan fingerprint density at radius 2 is 1.58 bits per heavy atom. The summed E-state index contributed by atoms with van der Waals surface area (Å²) in [6.07, 6.45) is 2.50. The van der Waals surface area contributed by atoms with E-state index in [1.807, 2.05) is 13.8 Å². The third-order valence-electron chi connectivity index (χ3n) is 3.05. The highest BCUT2D eigenvalue weighted by Crippen LogP contribution is 1.99. The van der Waals surface area contributed by atoms with Gasteiger partial charge < -0.3 is 25.4 Å². The van der Waals surface area contributed by atoms with Crippen LogP contribution in [-0.4, -0.2) is 63.8 Å². The second-order valence-electron chi connectivity index (χ2n) is 5.24. The molecule has 0 aromatic rings. The van der Waals surface area contributed by atoms with Crippen LogP contribution >= 0.6 is 0 Å². The number of urea groups is 1. The first kappa shape index (κ1) is 22.3. The van der Waals surface area contributed by atoms with E-state index in [1.54, 1.807) is 0 Å². The summed E-state index contributed by atoms with van der Waals surface area (Å²) in [5, 5.41) is 7.35. The highest BCUT2D eigenvalue weighted by molar-refractivity contribution is 6.07. The minimum atomic E-state index is -1.20. The van der Waals surface area contributed by atoms with E-state index in [0.29, 0.717) is 39.4 Å². The lowest BCUT2D eigenvalue weighted by Gasteiger charge is -2.17. The molecule has 0 fully saturated rings. The van der Waals surface area contributed by atoms with Gasteiger partial charge in [0.25, 0.3) is 0 Å². The van der Waals surface area contributed by atoms with Crippen LogP contribution in [0.25, 0.3) is 0 Å². The highest BCUT2D eigenvalue weighted by atomic mass is 16.5. The average molecular weight is 345 g/mol. The maximum atomic E-state index is 12.1. The molecule has 0 aromatic heterocycles. The van der Waals surface area contributed by atoms with Crippen LogP contribution in [0.15, 0.2) is 0 Å². The van der Waals surface area contributed by atoms with E-state index in [4.69, 9.17) is 9.47 Å². The molecule has 1 unspecified atom stereocenters. The van der Waals surface area contributed by atoms with Gasteiger partial charge in [0, 0.05) is 39.8 Å². The van der Waals surface area contributed by atoms with Gasteiger partial charge in [-0.1, -0.05) is 13.8 Å². The third kappa shape index (κ3) is 11.0. The number of carbonyl (C=O) groups is 3. The molecule has 0 radical (unpaired) electrons. The summed E-state index contributed by atoms with van der Waals surface area (Å²) < 4.78 is 10.5. The first-order chi connectivity index (χ1) is 11.6. The van der Waals surface area contributed by atoms with Gasteiger partial charge in [-0.3, -0.25) is 9.59 Å². The lowest BCUT2D eigenvalue weighted by molar-refractivity contribution is -0.130. The van der Waals surface area contributed by atoms with Gasteiger partial charge in [0.2, 0.25) is 5.91 Å². The summed E-state index contributed by atoms with van der Waals surface area (Å²) in [7, 11) is 1.42. The Morgan fingerprint density at radius 1 is 0.958 bits per heavy atom. The fraction of sp³-hybridized carbons (Fsp3) is 0.812. The summed E-state index contributed by atoms with van der Waals surface area (Å²) >= 11 is 0. The number of likely N-dealkylation sites (N-methyl/N-ethyl adjacent to an activating group) is 1. The SMILES string of the molecule is CCCOCCCC(=O)C(NC(=O)NCCOCCC)C(=O)NC. The van der Waals surface area contributed by atoms with Gasteiger partial charge in [-0.2, -0.15) is 0 Å². The van der Waals surface area contributed by atoms with Crippen LogP contribution in [0.4, 0.5) is 4.79 Å². The Balaban J connectivity index is 4.22. The van der Waals surface area contributed by atoms with Gasteiger partial charge in [-0.15, -0.1) is 0 Å². The lowest BCUT2D eigenvalue weighted by atomic mass is 10.1. The minimum absolute atomic E-state index is 0.168. The zero-order valence-corrected chi connectivity index (χ0v) is 15.0. The quantitative estimate of drug-likeness (QED) is 0.316. The highest BCUT2D eigenvalue weighted by Gasteiger charge is 2.26. The first-order valence-electron chi connectivity index (χ1n) is 8.50. The number of nitrogens with one attached hydrogen (secondary N) is 3. The van der Waals surface area contributed by atoms with Gasteiger partial charge in [-0.05, 0) is 19.3 Å². The predicted octanol–water partition coefficient (Wildman–Crippen LogP) is 0.603. The van der Waals surface area contributed by atoms with Crippen LogP contribution in [0.3, 0.4) is 0 Å². The average Bonchev–Trinajstić information content (AvgIpc) is 2.58. The second-order valence-corrected chi connectivity index (χ2v) is 5.24. The van der Waals surface area contributed by atoms with Gasteiger partial charge in [0.05, 0.1) is 6.61 Å². The largest absolute Gasteiger partial charge is 0.381 e. The number of amides is 3. The van der Waals surface area contributed by atoms with Crippen molar-refractivity contribution in [1.82, 2.24) is 16.0 Å². The summed E-state index contributed by atoms with van der Waals surface area (Å²) in [6, 6.07) is -1.77. The van der Waals surface area contributed by atoms with Gasteiger partial charge in [0.15, 0.2) is 11.8 Å². The van der Waals surface area contributed by atoms with E-state index in [2.05, 4.69) is 16.0 Å². The molecule has 0 heterocycles. The molecule has 3 amide bonds. The molecule has 3 N–H and O–H groups in total. The smallest absolute Gasteiger partial charge is 0.315 e. The van der Waals surface area contributed by atoms with Crippen molar-refractivity contribution in [3.05, 3.63) is 0 Å². The predicted molar refractivity (Wildman–Crippen MR) is 90.9 cm³/mol. The third-order valence-corrected chi connectivity index (χ3v) is 3.05. The van der Waals surface area contributed by atoms with E-state index >= 15 is 0 Å². The molecule has 140 valence electrons. The molecule has 0 aliphatic carbocycles. The standard InChI is InChI=1S/C16H31N3O5/c1-4-9-23-11-6-7-13(20)14(15(21)17-3)19-16(22)18-8-12-24-10-5-2/h14H,4-12H2,1-3H3,(H,17,21)(H2,18,19,22). The fourth-order valence-electron chi connectivity index (χ4n) is 1.84. The van der Waals surface area contributed by atoms with Crippen molar-refractivity contribution >= 4 is 17.7 Å². The van der Waals surface area contributed by atoms with Crippen molar-refractivity contribution in [3.63, 3.8) is 0 Å². The van der Waals surface area contributed by atoms with Gasteiger partial charge in [0.1, 0.15) is 0 Å². The Morgan fingerprint density at radius 3 is 2.17 bits per heavy atom. The van der Waals surface area contributed by atoms with E-state index < -0.39 is 18.0 Å². The number of rotatable bonds is 14. The monoisotopic (exact) mass is 345 g/mol. The van der Waals surface area contributed by atoms with Crippen LogP contribution in [0.1, 0.15) is 39.5 Å². The summed E-state index contributed by atoms with van der Waals surface area (Å²) in [6.45, 7) is 6.42. The topological polar surface area (TPSA) is 106 Å². The van der Waals surface area contributed by atoms with E-state index in [0.717, 1.165) is 12.8 Å². The van der Waals surface area contributed by atoms with E-state index in [1.165, 1.54) is 7.05 Å². The molecule has 1 atom stereocenters. The molecule has 0 spiro atoms. The molecule has 0 saturated carbocycles. The Bertz CT molecular complexity index is 377. The molecule has 0 aromatic carbocycles. The number of hydrogen-bond donors (Lipinski definition) is 3. The Kier molecular flexibility index (Phi) is 13.9. The molecular weight excluding hydrogens is 314 g/mol. The van der Waals surface area contributed by atoms with Crippen LogP contribution < -0.4 is 16.0 Å². The van der Waals surface area contributed by atoms with Gasteiger partial charge in [-0.25, -0.2) is 4.79 Å².